The minimum absolute atomic E-state index is 0.0277. The number of ether oxygens (including phenoxy) is 1. The van der Waals surface area contributed by atoms with E-state index in [0.29, 0.717) is 24.8 Å². The largest absolute Gasteiger partial charge is 0.465 e. The maximum absolute atomic E-state index is 11.6. The molecular weight excluding hydrogens is 256 g/mol. The molecule has 5 nitrogen and oxygen atoms in total. The first-order chi connectivity index (χ1) is 9.65. The minimum Gasteiger partial charge on any atom is -0.465 e. The molecule has 1 saturated carbocycles. The van der Waals surface area contributed by atoms with Gasteiger partial charge in [-0.05, 0) is 31.9 Å². The Kier molecular flexibility index (Phi) is 4.71. The Morgan fingerprint density at radius 1 is 1.35 bits per heavy atom. The normalized spacial score (nSPS) is 13.9. The molecule has 20 heavy (non-hydrogen) atoms. The molecule has 1 aliphatic carbocycles. The predicted molar refractivity (Wildman–Crippen MR) is 75.9 cm³/mol. The lowest BCUT2D eigenvalue weighted by Crippen LogP contribution is -2.33. The standard InChI is InChI=1S/C15H20N2O3/c1-3-14(18)13-8-7-12(9-16-13)17(11-5-6-11)10-15(19)20-4-2/h7-9,11H,3-6,10H2,1-2H3. The minimum atomic E-state index is -0.229. The molecule has 0 aliphatic heterocycles. The lowest BCUT2D eigenvalue weighted by molar-refractivity contribution is -0.141. The molecule has 0 radical (unpaired) electrons. The fraction of sp³-hybridized carbons (Fsp3) is 0.533. The molecule has 1 aliphatic rings. The molecule has 1 aromatic heterocycles. The molecule has 1 aromatic rings. The summed E-state index contributed by atoms with van der Waals surface area (Å²) in [5, 5.41) is 0. The first-order valence-electron chi connectivity index (χ1n) is 7.07. The van der Waals surface area contributed by atoms with Crippen LogP contribution in [-0.4, -0.2) is 35.9 Å². The Bertz CT molecular complexity index is 480. The van der Waals surface area contributed by atoms with E-state index in [2.05, 4.69) is 4.98 Å². The van der Waals surface area contributed by atoms with Crippen LogP contribution in [0.5, 0.6) is 0 Å². The summed E-state index contributed by atoms with van der Waals surface area (Å²) in [5.41, 5.74) is 1.34. The van der Waals surface area contributed by atoms with Crippen molar-refractivity contribution in [2.75, 3.05) is 18.1 Å². The number of hydrogen-bond acceptors (Lipinski definition) is 5. The van der Waals surface area contributed by atoms with Crippen molar-refractivity contribution in [1.82, 2.24) is 4.98 Å². The third kappa shape index (κ3) is 3.56. The molecule has 0 aromatic carbocycles. The zero-order chi connectivity index (χ0) is 14.5. The molecule has 0 saturated heterocycles. The van der Waals surface area contributed by atoms with E-state index < -0.39 is 0 Å². The second-order valence-electron chi connectivity index (χ2n) is 4.84. The van der Waals surface area contributed by atoms with Gasteiger partial charge in [-0.3, -0.25) is 14.6 Å². The third-order valence-corrected chi connectivity index (χ3v) is 3.28. The van der Waals surface area contributed by atoms with Crippen LogP contribution in [-0.2, 0) is 9.53 Å². The predicted octanol–water partition coefficient (Wildman–Crippen LogP) is 2.21. The lowest BCUT2D eigenvalue weighted by Gasteiger charge is -2.23. The van der Waals surface area contributed by atoms with Crippen molar-refractivity contribution >= 4 is 17.4 Å². The van der Waals surface area contributed by atoms with Gasteiger partial charge in [0, 0.05) is 12.5 Å². The average molecular weight is 276 g/mol. The highest BCUT2D eigenvalue weighted by Crippen LogP contribution is 2.31. The van der Waals surface area contributed by atoms with Gasteiger partial charge in [0.2, 0.25) is 0 Å². The van der Waals surface area contributed by atoms with Crippen LogP contribution in [0.25, 0.3) is 0 Å². The molecule has 0 bridgehead atoms. The van der Waals surface area contributed by atoms with E-state index in [-0.39, 0.29) is 18.3 Å². The van der Waals surface area contributed by atoms with Crippen LogP contribution < -0.4 is 4.90 Å². The van der Waals surface area contributed by atoms with Gasteiger partial charge in [-0.15, -0.1) is 0 Å². The Morgan fingerprint density at radius 3 is 2.60 bits per heavy atom. The van der Waals surface area contributed by atoms with Gasteiger partial charge in [0.05, 0.1) is 18.5 Å². The summed E-state index contributed by atoms with van der Waals surface area (Å²) in [4.78, 5) is 29.4. The van der Waals surface area contributed by atoms with E-state index in [1.807, 2.05) is 17.9 Å². The smallest absolute Gasteiger partial charge is 0.325 e. The van der Waals surface area contributed by atoms with Gasteiger partial charge >= 0.3 is 5.97 Å². The molecule has 108 valence electrons. The SMILES string of the molecule is CCOC(=O)CN(c1ccc(C(=O)CC)nc1)C1CC1. The summed E-state index contributed by atoms with van der Waals surface area (Å²) >= 11 is 0. The molecule has 0 unspecified atom stereocenters. The van der Waals surface area contributed by atoms with Crippen LogP contribution in [0.3, 0.4) is 0 Å². The Balaban J connectivity index is 2.09. The van der Waals surface area contributed by atoms with E-state index in [0.717, 1.165) is 18.5 Å². The maximum Gasteiger partial charge on any atom is 0.325 e. The van der Waals surface area contributed by atoms with Crippen LogP contribution >= 0.6 is 0 Å². The van der Waals surface area contributed by atoms with E-state index in [1.54, 1.807) is 19.2 Å². The number of rotatable bonds is 7. The average Bonchev–Trinajstić information content (AvgIpc) is 3.29. The molecule has 1 heterocycles. The number of esters is 1. The molecule has 0 amide bonds. The first-order valence-corrected chi connectivity index (χ1v) is 7.07. The number of aromatic nitrogens is 1. The van der Waals surface area contributed by atoms with E-state index in [9.17, 15) is 9.59 Å². The summed E-state index contributed by atoms with van der Waals surface area (Å²) in [5.74, 6) is -0.201. The summed E-state index contributed by atoms with van der Waals surface area (Å²) in [6.45, 7) is 4.24. The van der Waals surface area contributed by atoms with Crippen molar-refractivity contribution in [2.45, 2.75) is 39.2 Å². The quantitative estimate of drug-likeness (QED) is 0.564. The second kappa shape index (κ2) is 6.50. The number of ketones is 1. The second-order valence-corrected chi connectivity index (χ2v) is 4.84. The highest BCUT2D eigenvalue weighted by atomic mass is 16.5. The van der Waals surface area contributed by atoms with Crippen molar-refractivity contribution in [3.05, 3.63) is 24.0 Å². The Morgan fingerprint density at radius 2 is 2.10 bits per heavy atom. The van der Waals surface area contributed by atoms with E-state index in [1.165, 1.54) is 0 Å². The molecular formula is C15H20N2O3. The summed E-state index contributed by atoms with van der Waals surface area (Å²) in [6, 6.07) is 3.96. The number of nitrogens with zero attached hydrogens (tertiary/aromatic N) is 2. The van der Waals surface area contributed by atoms with Crippen LogP contribution in [0, 0.1) is 0 Å². The Hall–Kier alpha value is -1.91. The molecule has 0 N–H and O–H groups in total. The number of Topliss-reactive ketones (excluding diaryl/α,β-unsaturated/α-hetero) is 1. The van der Waals surface area contributed by atoms with Gasteiger partial charge in [0.1, 0.15) is 12.2 Å². The van der Waals surface area contributed by atoms with Gasteiger partial charge < -0.3 is 9.64 Å². The van der Waals surface area contributed by atoms with Crippen molar-refractivity contribution in [3.8, 4) is 0 Å². The fourth-order valence-corrected chi connectivity index (χ4v) is 2.07. The summed E-state index contributed by atoms with van der Waals surface area (Å²) in [7, 11) is 0. The number of carbonyl (C=O) groups is 2. The molecule has 0 spiro atoms. The van der Waals surface area contributed by atoms with Crippen molar-refractivity contribution < 1.29 is 14.3 Å². The highest BCUT2D eigenvalue weighted by molar-refractivity contribution is 5.94. The molecule has 1 fully saturated rings. The van der Waals surface area contributed by atoms with Gasteiger partial charge in [-0.2, -0.15) is 0 Å². The molecule has 2 rings (SSSR count). The van der Waals surface area contributed by atoms with Gasteiger partial charge in [-0.1, -0.05) is 6.92 Å². The lowest BCUT2D eigenvalue weighted by atomic mass is 10.2. The first kappa shape index (κ1) is 14.5. The number of carbonyl (C=O) groups excluding carboxylic acids is 2. The number of hydrogen-bond donors (Lipinski definition) is 0. The third-order valence-electron chi connectivity index (χ3n) is 3.28. The van der Waals surface area contributed by atoms with Gasteiger partial charge in [-0.25, -0.2) is 0 Å². The van der Waals surface area contributed by atoms with Crippen molar-refractivity contribution in [3.63, 3.8) is 0 Å². The molecule has 0 atom stereocenters. The van der Waals surface area contributed by atoms with Crippen molar-refractivity contribution in [1.29, 1.82) is 0 Å². The van der Waals surface area contributed by atoms with Crippen LogP contribution in [0.15, 0.2) is 18.3 Å². The monoisotopic (exact) mass is 276 g/mol. The Labute approximate surface area is 118 Å². The van der Waals surface area contributed by atoms with E-state index in [4.69, 9.17) is 4.74 Å². The van der Waals surface area contributed by atoms with Gasteiger partial charge in [0.15, 0.2) is 5.78 Å². The molecule has 5 heteroatoms. The van der Waals surface area contributed by atoms with Crippen LogP contribution in [0.4, 0.5) is 5.69 Å². The zero-order valence-corrected chi connectivity index (χ0v) is 12.0. The topological polar surface area (TPSA) is 59.5 Å². The number of pyridine rings is 1. The zero-order valence-electron chi connectivity index (χ0n) is 12.0. The number of anilines is 1. The van der Waals surface area contributed by atoms with Crippen LogP contribution in [0.2, 0.25) is 0 Å². The summed E-state index contributed by atoms with van der Waals surface area (Å²) in [6.07, 6.45) is 4.27. The van der Waals surface area contributed by atoms with Gasteiger partial charge in [0.25, 0.3) is 0 Å². The van der Waals surface area contributed by atoms with Crippen molar-refractivity contribution in [2.24, 2.45) is 0 Å². The van der Waals surface area contributed by atoms with E-state index >= 15 is 0 Å². The van der Waals surface area contributed by atoms with Crippen LogP contribution in [0.1, 0.15) is 43.6 Å². The summed E-state index contributed by atoms with van der Waals surface area (Å²) < 4.78 is 5.00. The highest BCUT2D eigenvalue weighted by Gasteiger charge is 2.31. The maximum atomic E-state index is 11.6. The fourth-order valence-electron chi connectivity index (χ4n) is 2.07.